The molecule has 3 nitrogen and oxygen atoms in total. The predicted octanol–water partition coefficient (Wildman–Crippen LogP) is 1.58. The fraction of sp³-hybridized carbons (Fsp3) is 0.900. The van der Waals surface area contributed by atoms with Gasteiger partial charge in [-0.15, -0.1) is 0 Å². The predicted molar refractivity (Wildman–Crippen MR) is 59.7 cm³/mol. The highest BCUT2D eigenvalue weighted by Gasteiger charge is 2.36. The van der Waals surface area contributed by atoms with Gasteiger partial charge in [0.25, 0.3) is 0 Å². The summed E-state index contributed by atoms with van der Waals surface area (Å²) in [6.45, 7) is 2.06. The van der Waals surface area contributed by atoms with Crippen LogP contribution in [-0.4, -0.2) is 35.2 Å². The van der Waals surface area contributed by atoms with Gasteiger partial charge in [-0.1, -0.05) is 0 Å². The molecule has 0 radical (unpaired) electrons. The number of carbonyl (C=O) groups is 1. The van der Waals surface area contributed by atoms with E-state index in [1.165, 1.54) is 0 Å². The largest absolute Gasteiger partial charge is 0.480 e. The van der Waals surface area contributed by atoms with Gasteiger partial charge in [0.15, 0.2) is 0 Å². The average molecular weight is 217 g/mol. The highest BCUT2D eigenvalue weighted by molar-refractivity contribution is 7.98. The monoisotopic (exact) mass is 217 g/mol. The molecule has 0 aliphatic heterocycles. The van der Waals surface area contributed by atoms with Crippen molar-refractivity contribution in [1.29, 1.82) is 0 Å². The Morgan fingerprint density at radius 3 is 2.71 bits per heavy atom. The molecule has 82 valence electrons. The lowest BCUT2D eigenvalue weighted by atomic mass is 10.1. The lowest BCUT2D eigenvalue weighted by Gasteiger charge is -2.19. The third kappa shape index (κ3) is 3.88. The number of hydrogen-bond donors (Lipinski definition) is 2. The van der Waals surface area contributed by atoms with Crippen molar-refractivity contribution in [3.8, 4) is 0 Å². The maximum atomic E-state index is 10.9. The van der Waals surface area contributed by atoms with Crippen molar-refractivity contribution < 1.29 is 9.90 Å². The molecule has 2 unspecified atom stereocenters. The average Bonchev–Trinajstić information content (AvgIpc) is 2.93. The van der Waals surface area contributed by atoms with Gasteiger partial charge in [0, 0.05) is 6.04 Å². The minimum Gasteiger partial charge on any atom is -0.480 e. The first-order valence-corrected chi connectivity index (χ1v) is 6.52. The molecule has 1 fully saturated rings. The Hall–Kier alpha value is -0.220. The molecular formula is C10H19NO2S. The van der Waals surface area contributed by atoms with Gasteiger partial charge in [-0.05, 0) is 44.1 Å². The Balaban J connectivity index is 2.27. The molecule has 1 rings (SSSR count). The Morgan fingerprint density at radius 1 is 1.64 bits per heavy atom. The summed E-state index contributed by atoms with van der Waals surface area (Å²) in [6.07, 6.45) is 5.25. The minimum absolute atomic E-state index is 0.309. The third-order valence-corrected chi connectivity index (χ3v) is 3.22. The minimum atomic E-state index is -0.691. The van der Waals surface area contributed by atoms with E-state index in [0.29, 0.717) is 12.0 Å². The van der Waals surface area contributed by atoms with Crippen molar-refractivity contribution in [2.24, 2.45) is 5.92 Å². The number of hydrogen-bond acceptors (Lipinski definition) is 3. The topological polar surface area (TPSA) is 49.3 Å². The molecule has 2 atom stereocenters. The van der Waals surface area contributed by atoms with Crippen LogP contribution < -0.4 is 5.32 Å². The van der Waals surface area contributed by atoms with E-state index in [0.717, 1.165) is 25.0 Å². The molecule has 0 aromatic rings. The molecule has 2 N–H and O–H groups in total. The zero-order valence-corrected chi connectivity index (χ0v) is 9.64. The van der Waals surface area contributed by atoms with E-state index in [9.17, 15) is 4.79 Å². The first-order valence-electron chi connectivity index (χ1n) is 5.13. The quantitative estimate of drug-likeness (QED) is 0.680. The number of nitrogens with one attached hydrogen (secondary N) is 1. The van der Waals surface area contributed by atoms with Gasteiger partial charge in [-0.3, -0.25) is 4.79 Å². The van der Waals surface area contributed by atoms with Crippen molar-refractivity contribution in [3.63, 3.8) is 0 Å². The van der Waals surface area contributed by atoms with Gasteiger partial charge >= 0.3 is 5.97 Å². The number of rotatable bonds is 7. The maximum Gasteiger partial charge on any atom is 0.320 e. The second-order valence-electron chi connectivity index (χ2n) is 4.00. The Bertz CT molecular complexity index is 195. The lowest BCUT2D eigenvalue weighted by molar-refractivity contribution is -0.140. The smallest absolute Gasteiger partial charge is 0.320 e. The third-order valence-electron chi connectivity index (χ3n) is 2.58. The van der Waals surface area contributed by atoms with E-state index in [2.05, 4.69) is 18.5 Å². The van der Waals surface area contributed by atoms with Gasteiger partial charge < -0.3 is 10.4 Å². The van der Waals surface area contributed by atoms with E-state index in [4.69, 9.17) is 5.11 Å². The fourth-order valence-electron chi connectivity index (χ4n) is 1.52. The van der Waals surface area contributed by atoms with Crippen LogP contribution in [0.25, 0.3) is 0 Å². The highest BCUT2D eigenvalue weighted by Crippen LogP contribution is 2.33. The van der Waals surface area contributed by atoms with Crippen LogP contribution in [0, 0.1) is 5.92 Å². The first kappa shape index (κ1) is 11.9. The van der Waals surface area contributed by atoms with E-state index in [1.54, 1.807) is 11.8 Å². The number of carboxylic acid groups (broad SMARTS) is 1. The van der Waals surface area contributed by atoms with Gasteiger partial charge in [-0.25, -0.2) is 0 Å². The van der Waals surface area contributed by atoms with E-state index < -0.39 is 5.97 Å². The summed E-state index contributed by atoms with van der Waals surface area (Å²) in [6, 6.07) is -0.00370. The van der Waals surface area contributed by atoms with Crippen LogP contribution in [0.15, 0.2) is 0 Å². The van der Waals surface area contributed by atoms with Gasteiger partial charge in [0.1, 0.15) is 6.04 Å². The molecule has 0 spiro atoms. The standard InChI is InChI=1S/C10H19NO2S/c1-7(5-6-14-2)11-9(10(12)13)8-3-4-8/h7-9,11H,3-6H2,1-2H3,(H,12,13). The van der Waals surface area contributed by atoms with Crippen LogP contribution in [0.5, 0.6) is 0 Å². The Labute approximate surface area is 89.6 Å². The summed E-state index contributed by atoms with van der Waals surface area (Å²) in [5, 5.41) is 12.2. The summed E-state index contributed by atoms with van der Waals surface area (Å²) < 4.78 is 0. The van der Waals surface area contributed by atoms with E-state index in [1.807, 2.05) is 0 Å². The van der Waals surface area contributed by atoms with Crippen LogP contribution >= 0.6 is 11.8 Å². The first-order chi connectivity index (χ1) is 6.65. The summed E-state index contributed by atoms with van der Waals surface area (Å²) in [5.41, 5.74) is 0. The fourth-order valence-corrected chi connectivity index (χ4v) is 2.11. The zero-order valence-electron chi connectivity index (χ0n) is 8.82. The second kappa shape index (κ2) is 5.61. The Kier molecular flexibility index (Phi) is 4.75. The number of thioether (sulfide) groups is 1. The van der Waals surface area contributed by atoms with Crippen LogP contribution in [0.1, 0.15) is 26.2 Å². The van der Waals surface area contributed by atoms with Crippen LogP contribution in [0.3, 0.4) is 0 Å². The van der Waals surface area contributed by atoms with E-state index in [-0.39, 0.29) is 6.04 Å². The summed E-state index contributed by atoms with van der Waals surface area (Å²) in [4.78, 5) is 10.9. The van der Waals surface area contributed by atoms with Crippen molar-refractivity contribution in [1.82, 2.24) is 5.32 Å². The van der Waals surface area contributed by atoms with Crippen LogP contribution in [0.2, 0.25) is 0 Å². The SMILES string of the molecule is CSCCC(C)NC(C(=O)O)C1CC1. The van der Waals surface area contributed by atoms with Crippen LogP contribution in [0.4, 0.5) is 0 Å². The lowest BCUT2D eigenvalue weighted by Crippen LogP contribution is -2.43. The maximum absolute atomic E-state index is 10.9. The second-order valence-corrected chi connectivity index (χ2v) is 4.99. The summed E-state index contributed by atoms with van der Waals surface area (Å²) >= 11 is 1.80. The molecule has 4 heteroatoms. The van der Waals surface area contributed by atoms with Gasteiger partial charge in [0.05, 0.1) is 0 Å². The molecular weight excluding hydrogens is 198 g/mol. The number of aliphatic carboxylic acids is 1. The van der Waals surface area contributed by atoms with Crippen LogP contribution in [-0.2, 0) is 4.79 Å². The van der Waals surface area contributed by atoms with Gasteiger partial charge in [-0.2, -0.15) is 11.8 Å². The molecule has 0 aromatic carbocycles. The van der Waals surface area contributed by atoms with Gasteiger partial charge in [0.2, 0.25) is 0 Å². The van der Waals surface area contributed by atoms with Crippen molar-refractivity contribution >= 4 is 17.7 Å². The summed E-state index contributed by atoms with van der Waals surface area (Å²) in [7, 11) is 0. The summed E-state index contributed by atoms with van der Waals surface area (Å²) in [5.74, 6) is 0.776. The highest BCUT2D eigenvalue weighted by atomic mass is 32.2. The molecule has 14 heavy (non-hydrogen) atoms. The zero-order chi connectivity index (χ0) is 10.6. The molecule has 0 aromatic heterocycles. The number of carboxylic acids is 1. The molecule has 1 aliphatic rings. The van der Waals surface area contributed by atoms with Crippen molar-refractivity contribution in [3.05, 3.63) is 0 Å². The normalized spacial score (nSPS) is 20.4. The van der Waals surface area contributed by atoms with Crippen molar-refractivity contribution in [2.45, 2.75) is 38.3 Å². The Morgan fingerprint density at radius 2 is 2.29 bits per heavy atom. The molecule has 0 amide bonds. The molecule has 1 aliphatic carbocycles. The molecule has 1 saturated carbocycles. The molecule has 0 saturated heterocycles. The molecule has 0 bridgehead atoms. The molecule has 0 heterocycles. The van der Waals surface area contributed by atoms with E-state index >= 15 is 0 Å². The van der Waals surface area contributed by atoms with Crippen molar-refractivity contribution in [2.75, 3.05) is 12.0 Å².